The smallest absolute Gasteiger partial charge is 0.191 e. The van der Waals surface area contributed by atoms with Gasteiger partial charge in [-0.3, -0.25) is 0 Å². The molecule has 7 nitrogen and oxygen atoms in total. The summed E-state index contributed by atoms with van der Waals surface area (Å²) in [6.45, 7) is 5.55. The van der Waals surface area contributed by atoms with Crippen LogP contribution in [-0.2, 0) is 17.8 Å². The number of benzene rings is 1. The maximum absolute atomic E-state index is 5.41. The van der Waals surface area contributed by atoms with Crippen molar-refractivity contribution in [2.24, 2.45) is 4.99 Å². The van der Waals surface area contributed by atoms with Gasteiger partial charge < -0.3 is 25.0 Å². The van der Waals surface area contributed by atoms with Crippen LogP contribution in [0.15, 0.2) is 47.6 Å². The van der Waals surface area contributed by atoms with E-state index in [2.05, 4.69) is 21.7 Å². The Hall–Kier alpha value is -2.80. The van der Waals surface area contributed by atoms with Crippen LogP contribution in [0.1, 0.15) is 24.5 Å². The van der Waals surface area contributed by atoms with Crippen LogP contribution in [0.2, 0.25) is 0 Å². The summed E-state index contributed by atoms with van der Waals surface area (Å²) < 4.78 is 10.6. The third-order valence-electron chi connectivity index (χ3n) is 4.27. The van der Waals surface area contributed by atoms with E-state index in [0.29, 0.717) is 13.1 Å². The number of hydrogen-bond donors (Lipinski definition) is 2. The summed E-state index contributed by atoms with van der Waals surface area (Å²) in [6.07, 6.45) is 2.75. The van der Waals surface area contributed by atoms with Gasteiger partial charge in [0.2, 0.25) is 0 Å². The number of methoxy groups -OCH3 is 1. The van der Waals surface area contributed by atoms with Gasteiger partial charge in [-0.1, -0.05) is 12.1 Å². The Balaban J connectivity index is 1.98. The first-order valence-corrected chi connectivity index (χ1v) is 9.97. The highest BCUT2D eigenvalue weighted by Crippen LogP contribution is 2.12. The van der Waals surface area contributed by atoms with E-state index in [9.17, 15) is 0 Å². The molecular formula is C22H33N5O2. The first kappa shape index (κ1) is 22.5. The lowest BCUT2D eigenvalue weighted by Crippen LogP contribution is -2.37. The van der Waals surface area contributed by atoms with E-state index >= 15 is 0 Å². The van der Waals surface area contributed by atoms with Crippen LogP contribution in [-0.4, -0.2) is 51.9 Å². The molecule has 1 aromatic heterocycles. The molecule has 0 unspecified atom stereocenters. The van der Waals surface area contributed by atoms with E-state index in [1.54, 1.807) is 7.11 Å². The third kappa shape index (κ3) is 8.39. The Labute approximate surface area is 174 Å². The SMILES string of the molecule is CCOCCCNC(=NCc1ccnc(N(C)C)c1)NCc1ccc(OC)cc1. The number of nitrogens with zero attached hydrogens (tertiary/aromatic N) is 3. The second kappa shape index (κ2) is 12.6. The van der Waals surface area contributed by atoms with Crippen LogP contribution in [0.4, 0.5) is 5.82 Å². The average Bonchev–Trinajstić information content (AvgIpc) is 2.75. The summed E-state index contributed by atoms with van der Waals surface area (Å²) in [7, 11) is 5.64. The van der Waals surface area contributed by atoms with Gasteiger partial charge in [-0.25, -0.2) is 9.98 Å². The fraction of sp³-hybridized carbons (Fsp3) is 0.455. The third-order valence-corrected chi connectivity index (χ3v) is 4.27. The van der Waals surface area contributed by atoms with E-state index in [0.717, 1.165) is 54.8 Å². The van der Waals surface area contributed by atoms with Crippen molar-refractivity contribution in [1.82, 2.24) is 15.6 Å². The Bertz CT molecular complexity index is 747. The lowest BCUT2D eigenvalue weighted by atomic mass is 10.2. The number of anilines is 1. The number of hydrogen-bond acceptors (Lipinski definition) is 5. The Morgan fingerprint density at radius 2 is 1.90 bits per heavy atom. The average molecular weight is 400 g/mol. The largest absolute Gasteiger partial charge is 0.497 e. The summed E-state index contributed by atoms with van der Waals surface area (Å²) in [5.41, 5.74) is 2.27. The van der Waals surface area contributed by atoms with Gasteiger partial charge in [-0.2, -0.15) is 0 Å². The van der Waals surface area contributed by atoms with Gasteiger partial charge in [0, 0.05) is 46.6 Å². The van der Waals surface area contributed by atoms with E-state index in [-0.39, 0.29) is 0 Å². The number of aliphatic imine (C=N–C) groups is 1. The maximum atomic E-state index is 5.41. The molecule has 0 fully saturated rings. The van der Waals surface area contributed by atoms with Crippen LogP contribution >= 0.6 is 0 Å². The maximum Gasteiger partial charge on any atom is 0.191 e. The molecule has 0 atom stereocenters. The number of pyridine rings is 1. The lowest BCUT2D eigenvalue weighted by molar-refractivity contribution is 0.145. The van der Waals surface area contributed by atoms with Gasteiger partial charge in [0.25, 0.3) is 0 Å². The highest BCUT2D eigenvalue weighted by molar-refractivity contribution is 5.79. The minimum Gasteiger partial charge on any atom is -0.497 e. The van der Waals surface area contributed by atoms with Crippen LogP contribution in [0.25, 0.3) is 0 Å². The van der Waals surface area contributed by atoms with Crippen LogP contribution in [0.5, 0.6) is 5.75 Å². The number of nitrogens with one attached hydrogen (secondary N) is 2. The summed E-state index contributed by atoms with van der Waals surface area (Å²) >= 11 is 0. The Morgan fingerprint density at radius 1 is 1.10 bits per heavy atom. The van der Waals surface area contributed by atoms with Gasteiger partial charge in [0.05, 0.1) is 13.7 Å². The van der Waals surface area contributed by atoms with E-state index in [4.69, 9.17) is 14.5 Å². The number of ether oxygens (including phenoxy) is 2. The van der Waals surface area contributed by atoms with Gasteiger partial charge in [0.1, 0.15) is 11.6 Å². The second-order valence-corrected chi connectivity index (χ2v) is 6.76. The van der Waals surface area contributed by atoms with Crippen molar-refractivity contribution in [3.05, 3.63) is 53.7 Å². The number of guanidine groups is 1. The Kier molecular flexibility index (Phi) is 9.78. The number of aromatic nitrogens is 1. The molecule has 0 spiro atoms. The molecule has 0 radical (unpaired) electrons. The molecule has 1 aromatic carbocycles. The van der Waals surface area contributed by atoms with Crippen molar-refractivity contribution < 1.29 is 9.47 Å². The molecular weight excluding hydrogens is 366 g/mol. The zero-order valence-corrected chi connectivity index (χ0v) is 17.9. The molecule has 0 aliphatic heterocycles. The van der Waals surface area contributed by atoms with Crippen molar-refractivity contribution in [1.29, 1.82) is 0 Å². The van der Waals surface area contributed by atoms with Crippen molar-refractivity contribution in [3.8, 4) is 5.75 Å². The van der Waals surface area contributed by atoms with Crippen molar-refractivity contribution in [2.75, 3.05) is 45.9 Å². The first-order chi connectivity index (χ1) is 14.1. The van der Waals surface area contributed by atoms with Gasteiger partial charge >= 0.3 is 0 Å². The highest BCUT2D eigenvalue weighted by atomic mass is 16.5. The van der Waals surface area contributed by atoms with Gasteiger partial charge in [0.15, 0.2) is 5.96 Å². The van der Waals surface area contributed by atoms with Crippen LogP contribution in [0, 0.1) is 0 Å². The van der Waals surface area contributed by atoms with E-state index in [1.165, 1.54) is 0 Å². The monoisotopic (exact) mass is 399 g/mol. The number of rotatable bonds is 11. The minimum atomic E-state index is 0.576. The fourth-order valence-electron chi connectivity index (χ4n) is 2.60. The molecule has 0 aliphatic carbocycles. The van der Waals surface area contributed by atoms with Gasteiger partial charge in [-0.05, 0) is 48.7 Å². The van der Waals surface area contributed by atoms with E-state index in [1.807, 2.05) is 62.4 Å². The molecule has 0 aliphatic rings. The summed E-state index contributed by atoms with van der Waals surface area (Å²) in [6, 6.07) is 12.1. The van der Waals surface area contributed by atoms with Crippen LogP contribution < -0.4 is 20.3 Å². The molecule has 2 N–H and O–H groups in total. The molecule has 0 saturated heterocycles. The minimum absolute atomic E-state index is 0.576. The molecule has 158 valence electrons. The molecule has 2 aromatic rings. The predicted octanol–water partition coefficient (Wildman–Crippen LogP) is 2.82. The Morgan fingerprint density at radius 3 is 2.59 bits per heavy atom. The van der Waals surface area contributed by atoms with Crippen molar-refractivity contribution >= 4 is 11.8 Å². The molecule has 0 saturated carbocycles. The molecule has 7 heteroatoms. The molecule has 2 rings (SSSR count). The van der Waals surface area contributed by atoms with Crippen molar-refractivity contribution in [3.63, 3.8) is 0 Å². The summed E-state index contributed by atoms with van der Waals surface area (Å²) in [4.78, 5) is 11.1. The van der Waals surface area contributed by atoms with E-state index < -0.39 is 0 Å². The molecule has 1 heterocycles. The summed E-state index contributed by atoms with van der Waals surface area (Å²) in [5, 5.41) is 6.79. The zero-order chi connectivity index (χ0) is 20.9. The van der Waals surface area contributed by atoms with Crippen LogP contribution in [0.3, 0.4) is 0 Å². The molecule has 29 heavy (non-hydrogen) atoms. The second-order valence-electron chi connectivity index (χ2n) is 6.76. The summed E-state index contributed by atoms with van der Waals surface area (Å²) in [5.74, 6) is 2.56. The van der Waals surface area contributed by atoms with Gasteiger partial charge in [-0.15, -0.1) is 0 Å². The topological polar surface area (TPSA) is 71.0 Å². The zero-order valence-electron chi connectivity index (χ0n) is 17.9. The van der Waals surface area contributed by atoms with Crippen molar-refractivity contribution in [2.45, 2.75) is 26.4 Å². The molecule has 0 amide bonds. The first-order valence-electron chi connectivity index (χ1n) is 9.97. The lowest BCUT2D eigenvalue weighted by Gasteiger charge is -2.14. The highest BCUT2D eigenvalue weighted by Gasteiger charge is 2.03. The fourth-order valence-corrected chi connectivity index (χ4v) is 2.60. The molecule has 0 bridgehead atoms. The normalized spacial score (nSPS) is 11.2. The predicted molar refractivity (Wildman–Crippen MR) is 119 cm³/mol. The quantitative estimate of drug-likeness (QED) is 0.344. The standard InChI is InChI=1S/C22H33N5O2/c1-5-29-14-6-12-24-22(25-16-18-7-9-20(28-4)10-8-18)26-17-19-11-13-23-21(15-19)27(2)3/h7-11,13,15H,5-6,12,14,16-17H2,1-4H3,(H2,24,25,26).